The average molecular weight is 282 g/mol. The third-order valence-corrected chi connectivity index (χ3v) is 4.13. The van der Waals surface area contributed by atoms with E-state index in [9.17, 15) is 0 Å². The quantitative estimate of drug-likeness (QED) is 0.879. The van der Waals surface area contributed by atoms with Crippen LogP contribution in [0.5, 0.6) is 5.75 Å². The van der Waals surface area contributed by atoms with Gasteiger partial charge in [0.25, 0.3) is 0 Å². The summed E-state index contributed by atoms with van der Waals surface area (Å²) in [7, 11) is 2.17. The van der Waals surface area contributed by atoms with Crippen molar-refractivity contribution in [2.24, 2.45) is 0 Å². The molecule has 2 atom stereocenters. The summed E-state index contributed by atoms with van der Waals surface area (Å²) >= 11 is 0. The molecule has 2 N–H and O–H groups in total. The van der Waals surface area contributed by atoms with Crippen LogP contribution in [-0.2, 0) is 0 Å². The Morgan fingerprint density at radius 3 is 2.67 bits per heavy atom. The second kappa shape index (κ2) is 6.19. The van der Waals surface area contributed by atoms with Crippen LogP contribution in [0.3, 0.4) is 0 Å². The first-order valence-corrected chi connectivity index (χ1v) is 7.48. The van der Waals surface area contributed by atoms with Gasteiger partial charge in [-0.15, -0.1) is 0 Å². The van der Waals surface area contributed by atoms with Gasteiger partial charge in [0.05, 0.1) is 0 Å². The van der Waals surface area contributed by atoms with E-state index < -0.39 is 0 Å². The standard InChI is InChI=1S/C18H22N2O/c1-20-11-10-18(21-16-9-5-8-15(19)12-16)17(13-20)14-6-3-2-4-7-14/h2-9,12,17-18H,10-11,13,19H2,1H3/t17-,18-/m0/s1. The van der Waals surface area contributed by atoms with Gasteiger partial charge >= 0.3 is 0 Å². The van der Waals surface area contributed by atoms with Crippen LogP contribution in [0.4, 0.5) is 5.69 Å². The molecule has 0 unspecified atom stereocenters. The summed E-state index contributed by atoms with van der Waals surface area (Å²) in [5.74, 6) is 1.26. The van der Waals surface area contributed by atoms with Crippen molar-refractivity contribution in [1.82, 2.24) is 4.90 Å². The molecule has 0 amide bonds. The van der Waals surface area contributed by atoms with Crippen LogP contribution in [0.15, 0.2) is 54.6 Å². The van der Waals surface area contributed by atoms with Gasteiger partial charge < -0.3 is 15.4 Å². The van der Waals surface area contributed by atoms with Crippen molar-refractivity contribution in [2.45, 2.75) is 18.4 Å². The highest BCUT2D eigenvalue weighted by atomic mass is 16.5. The maximum absolute atomic E-state index is 6.24. The Morgan fingerprint density at radius 1 is 1.10 bits per heavy atom. The molecule has 3 nitrogen and oxygen atoms in total. The predicted octanol–water partition coefficient (Wildman–Crippen LogP) is 3.14. The van der Waals surface area contributed by atoms with Crippen molar-refractivity contribution in [1.29, 1.82) is 0 Å². The number of nitrogen functional groups attached to an aromatic ring is 1. The second-order valence-electron chi connectivity index (χ2n) is 5.80. The van der Waals surface area contributed by atoms with Gasteiger partial charge in [-0.1, -0.05) is 36.4 Å². The summed E-state index contributed by atoms with van der Waals surface area (Å²) in [6.07, 6.45) is 1.23. The van der Waals surface area contributed by atoms with Crippen molar-refractivity contribution < 1.29 is 4.74 Å². The highest BCUT2D eigenvalue weighted by Gasteiger charge is 2.30. The Kier molecular flexibility index (Phi) is 4.11. The predicted molar refractivity (Wildman–Crippen MR) is 86.6 cm³/mol. The van der Waals surface area contributed by atoms with E-state index in [1.165, 1.54) is 5.56 Å². The van der Waals surface area contributed by atoms with E-state index in [1.807, 2.05) is 24.3 Å². The second-order valence-corrected chi connectivity index (χ2v) is 5.80. The van der Waals surface area contributed by atoms with Crippen molar-refractivity contribution in [3.05, 3.63) is 60.2 Å². The molecule has 0 aliphatic carbocycles. The van der Waals surface area contributed by atoms with Gasteiger partial charge in [-0.05, 0) is 31.2 Å². The molecule has 1 heterocycles. The molecule has 1 aliphatic rings. The van der Waals surface area contributed by atoms with E-state index >= 15 is 0 Å². The molecule has 3 heteroatoms. The lowest BCUT2D eigenvalue weighted by atomic mass is 9.88. The molecule has 1 aliphatic heterocycles. The number of hydrogen-bond acceptors (Lipinski definition) is 3. The van der Waals surface area contributed by atoms with Gasteiger partial charge in [-0.25, -0.2) is 0 Å². The Bertz CT molecular complexity index is 585. The minimum atomic E-state index is 0.199. The van der Waals surface area contributed by atoms with Gasteiger partial charge in [0, 0.05) is 30.8 Å². The average Bonchev–Trinajstić information content (AvgIpc) is 2.50. The van der Waals surface area contributed by atoms with Gasteiger partial charge in [0.2, 0.25) is 0 Å². The number of likely N-dealkylation sites (tertiary alicyclic amines) is 1. The van der Waals surface area contributed by atoms with E-state index in [2.05, 4.69) is 42.3 Å². The lowest BCUT2D eigenvalue weighted by molar-refractivity contribution is 0.0903. The monoisotopic (exact) mass is 282 g/mol. The van der Waals surface area contributed by atoms with Crippen LogP contribution in [0.1, 0.15) is 17.9 Å². The van der Waals surface area contributed by atoms with Gasteiger partial charge in [-0.3, -0.25) is 0 Å². The molecule has 0 bridgehead atoms. The smallest absolute Gasteiger partial charge is 0.121 e. The largest absolute Gasteiger partial charge is 0.490 e. The topological polar surface area (TPSA) is 38.5 Å². The van der Waals surface area contributed by atoms with Crippen LogP contribution >= 0.6 is 0 Å². The highest BCUT2D eigenvalue weighted by Crippen LogP contribution is 2.30. The minimum absolute atomic E-state index is 0.199. The molecule has 1 saturated heterocycles. The maximum Gasteiger partial charge on any atom is 0.121 e. The fourth-order valence-electron chi connectivity index (χ4n) is 3.02. The molecular formula is C18H22N2O. The molecule has 0 spiro atoms. The number of anilines is 1. The number of ether oxygens (including phenoxy) is 1. The zero-order valence-corrected chi connectivity index (χ0v) is 12.4. The van der Waals surface area contributed by atoms with Gasteiger partial charge in [-0.2, -0.15) is 0 Å². The summed E-state index contributed by atoms with van der Waals surface area (Å²) in [6, 6.07) is 18.4. The molecular weight excluding hydrogens is 260 g/mol. The Balaban J connectivity index is 1.81. The van der Waals surface area contributed by atoms with Crippen molar-refractivity contribution in [3.63, 3.8) is 0 Å². The number of nitrogens with zero attached hydrogens (tertiary/aromatic N) is 1. The van der Waals surface area contributed by atoms with Crippen molar-refractivity contribution in [3.8, 4) is 5.75 Å². The summed E-state index contributed by atoms with van der Waals surface area (Å²) < 4.78 is 6.24. The zero-order chi connectivity index (χ0) is 14.7. The van der Waals surface area contributed by atoms with Crippen LogP contribution in [0, 0.1) is 0 Å². The number of likely N-dealkylation sites (N-methyl/N-ethyl adjacent to an activating group) is 1. The highest BCUT2D eigenvalue weighted by molar-refractivity contribution is 5.43. The van der Waals surface area contributed by atoms with Crippen LogP contribution in [-0.4, -0.2) is 31.1 Å². The summed E-state index contributed by atoms with van der Waals surface area (Å²) in [5.41, 5.74) is 7.94. The van der Waals surface area contributed by atoms with Crippen LogP contribution in [0.2, 0.25) is 0 Å². The number of nitrogens with two attached hydrogens (primary N) is 1. The van der Waals surface area contributed by atoms with E-state index in [0.29, 0.717) is 5.92 Å². The number of piperidine rings is 1. The third-order valence-electron chi connectivity index (χ3n) is 4.13. The van der Waals surface area contributed by atoms with E-state index in [1.54, 1.807) is 0 Å². The first-order chi connectivity index (χ1) is 10.2. The lowest BCUT2D eigenvalue weighted by Crippen LogP contribution is -2.42. The SMILES string of the molecule is CN1CC[C@H](Oc2cccc(N)c2)[C@H](c2ccccc2)C1. The first kappa shape index (κ1) is 14.0. The summed E-state index contributed by atoms with van der Waals surface area (Å²) in [4.78, 5) is 2.37. The van der Waals surface area contributed by atoms with E-state index in [-0.39, 0.29) is 6.10 Å². The summed E-state index contributed by atoms with van der Waals surface area (Å²) in [5, 5.41) is 0. The van der Waals surface area contributed by atoms with Crippen LogP contribution in [0.25, 0.3) is 0 Å². The number of benzene rings is 2. The zero-order valence-electron chi connectivity index (χ0n) is 12.4. The maximum atomic E-state index is 6.24. The molecule has 0 aromatic heterocycles. The summed E-state index contributed by atoms with van der Waals surface area (Å²) in [6.45, 7) is 2.09. The first-order valence-electron chi connectivity index (χ1n) is 7.48. The van der Waals surface area contributed by atoms with E-state index in [4.69, 9.17) is 10.5 Å². The fraction of sp³-hybridized carbons (Fsp3) is 0.333. The number of hydrogen-bond donors (Lipinski definition) is 1. The molecule has 0 saturated carbocycles. The Hall–Kier alpha value is -2.00. The molecule has 3 rings (SSSR count). The van der Waals surface area contributed by atoms with Gasteiger partial charge in [0.15, 0.2) is 0 Å². The van der Waals surface area contributed by atoms with E-state index in [0.717, 1.165) is 30.9 Å². The normalized spacial score (nSPS) is 22.9. The molecule has 2 aromatic carbocycles. The lowest BCUT2D eigenvalue weighted by Gasteiger charge is -2.37. The number of rotatable bonds is 3. The molecule has 0 radical (unpaired) electrons. The molecule has 21 heavy (non-hydrogen) atoms. The third kappa shape index (κ3) is 3.37. The minimum Gasteiger partial charge on any atom is -0.490 e. The fourth-order valence-corrected chi connectivity index (χ4v) is 3.02. The van der Waals surface area contributed by atoms with Crippen molar-refractivity contribution >= 4 is 5.69 Å². The Labute approximate surface area is 126 Å². The van der Waals surface area contributed by atoms with Crippen molar-refractivity contribution in [2.75, 3.05) is 25.9 Å². The molecule has 110 valence electrons. The molecule has 1 fully saturated rings. The van der Waals surface area contributed by atoms with Crippen LogP contribution < -0.4 is 10.5 Å². The molecule has 2 aromatic rings. The van der Waals surface area contributed by atoms with Gasteiger partial charge in [0.1, 0.15) is 11.9 Å². The Morgan fingerprint density at radius 2 is 1.90 bits per heavy atom.